The van der Waals surface area contributed by atoms with Gasteiger partial charge in [-0.15, -0.1) is 10.2 Å². The molecule has 2 aliphatic rings. The molecular formula is C23H33FN6OS. The molecule has 0 aliphatic carbocycles. The Bertz CT molecular complexity index is 890. The van der Waals surface area contributed by atoms with Gasteiger partial charge in [0.2, 0.25) is 5.91 Å². The standard InChI is InChI=1S/C23H33FN6OS/c1-3-27-13-15-29(16-14-27)22(31)18(2)32-23-26-25-21(17-28-11-5-4-6-12-28)30(23)20-9-7-19(24)8-10-20/h7-10,18H,3-6,11-17H2,1-2H3. The Hall–Kier alpha value is -1.97. The zero-order valence-corrected chi connectivity index (χ0v) is 19.9. The smallest absolute Gasteiger partial charge is 0.235 e. The first kappa shape index (κ1) is 23.2. The third-order valence-electron chi connectivity index (χ3n) is 6.36. The number of halogens is 1. The summed E-state index contributed by atoms with van der Waals surface area (Å²) in [6.07, 6.45) is 3.67. The van der Waals surface area contributed by atoms with Gasteiger partial charge in [-0.2, -0.15) is 0 Å². The summed E-state index contributed by atoms with van der Waals surface area (Å²) >= 11 is 1.43. The van der Waals surface area contributed by atoms with Crippen molar-refractivity contribution in [2.45, 2.75) is 50.1 Å². The van der Waals surface area contributed by atoms with Crippen LogP contribution in [0.25, 0.3) is 5.69 Å². The van der Waals surface area contributed by atoms with Crippen molar-refractivity contribution in [2.75, 3.05) is 45.8 Å². The van der Waals surface area contributed by atoms with Gasteiger partial charge >= 0.3 is 0 Å². The second kappa shape index (κ2) is 10.8. The number of thioether (sulfide) groups is 1. The molecule has 1 aromatic heterocycles. The van der Waals surface area contributed by atoms with Crippen molar-refractivity contribution in [3.8, 4) is 5.69 Å². The molecule has 1 aromatic carbocycles. The molecule has 174 valence electrons. The zero-order chi connectivity index (χ0) is 22.5. The van der Waals surface area contributed by atoms with E-state index in [1.165, 1.54) is 43.2 Å². The summed E-state index contributed by atoms with van der Waals surface area (Å²) < 4.78 is 15.6. The lowest BCUT2D eigenvalue weighted by molar-refractivity contribution is -0.132. The Morgan fingerprint density at radius 3 is 2.34 bits per heavy atom. The lowest BCUT2D eigenvalue weighted by Crippen LogP contribution is -2.50. The summed E-state index contributed by atoms with van der Waals surface area (Å²) in [5.41, 5.74) is 0.821. The molecular weight excluding hydrogens is 427 g/mol. The molecule has 7 nitrogen and oxygen atoms in total. The van der Waals surface area contributed by atoms with Gasteiger partial charge in [-0.25, -0.2) is 4.39 Å². The molecule has 0 spiro atoms. The monoisotopic (exact) mass is 460 g/mol. The Balaban J connectivity index is 1.52. The van der Waals surface area contributed by atoms with E-state index < -0.39 is 0 Å². The average Bonchev–Trinajstić information content (AvgIpc) is 3.21. The minimum atomic E-state index is -0.275. The van der Waals surface area contributed by atoms with Crippen molar-refractivity contribution in [3.05, 3.63) is 35.9 Å². The van der Waals surface area contributed by atoms with Crippen molar-refractivity contribution in [2.24, 2.45) is 0 Å². The van der Waals surface area contributed by atoms with Crippen LogP contribution in [0.2, 0.25) is 0 Å². The van der Waals surface area contributed by atoms with Crippen molar-refractivity contribution in [3.63, 3.8) is 0 Å². The molecule has 2 aliphatic heterocycles. The molecule has 2 saturated heterocycles. The Labute approximate surface area is 194 Å². The van der Waals surface area contributed by atoms with Gasteiger partial charge in [0.25, 0.3) is 0 Å². The van der Waals surface area contributed by atoms with E-state index in [9.17, 15) is 9.18 Å². The van der Waals surface area contributed by atoms with E-state index in [2.05, 4.69) is 26.9 Å². The van der Waals surface area contributed by atoms with E-state index in [0.717, 1.165) is 57.3 Å². The lowest BCUT2D eigenvalue weighted by Gasteiger charge is -2.35. The fourth-order valence-electron chi connectivity index (χ4n) is 4.40. The van der Waals surface area contributed by atoms with Crippen molar-refractivity contribution in [1.82, 2.24) is 29.5 Å². The molecule has 2 fully saturated rings. The summed E-state index contributed by atoms with van der Waals surface area (Å²) in [6, 6.07) is 6.41. The number of rotatable bonds is 7. The van der Waals surface area contributed by atoms with E-state index >= 15 is 0 Å². The van der Waals surface area contributed by atoms with Crippen LogP contribution >= 0.6 is 11.8 Å². The highest BCUT2D eigenvalue weighted by Crippen LogP contribution is 2.28. The summed E-state index contributed by atoms with van der Waals surface area (Å²) in [6.45, 7) is 11.3. The van der Waals surface area contributed by atoms with Crippen LogP contribution in [0.4, 0.5) is 4.39 Å². The topological polar surface area (TPSA) is 57.5 Å². The number of piperazine rings is 1. The maximum Gasteiger partial charge on any atom is 0.235 e. The van der Waals surface area contributed by atoms with Gasteiger partial charge in [0.05, 0.1) is 11.8 Å². The van der Waals surface area contributed by atoms with Gasteiger partial charge in [0.15, 0.2) is 11.0 Å². The molecule has 0 bridgehead atoms. The van der Waals surface area contributed by atoms with Gasteiger partial charge in [0, 0.05) is 31.9 Å². The first-order valence-electron chi connectivity index (χ1n) is 11.7. The third kappa shape index (κ3) is 5.50. The molecule has 0 radical (unpaired) electrons. The maximum absolute atomic E-state index is 13.6. The summed E-state index contributed by atoms with van der Waals surface area (Å²) in [7, 11) is 0. The van der Waals surface area contributed by atoms with E-state index in [4.69, 9.17) is 0 Å². The summed E-state index contributed by atoms with van der Waals surface area (Å²) in [4.78, 5) is 19.8. The fraction of sp³-hybridized carbons (Fsp3) is 0.609. The summed E-state index contributed by atoms with van der Waals surface area (Å²) in [5.74, 6) is 0.692. The fourth-order valence-corrected chi connectivity index (χ4v) is 5.37. The second-order valence-corrected chi connectivity index (χ2v) is 9.88. The Morgan fingerprint density at radius 1 is 1.00 bits per heavy atom. The number of likely N-dealkylation sites (tertiary alicyclic amines) is 1. The van der Waals surface area contributed by atoms with Crippen LogP contribution in [0.5, 0.6) is 0 Å². The average molecular weight is 461 g/mol. The van der Waals surface area contributed by atoms with Crippen LogP contribution in [0.1, 0.15) is 38.9 Å². The molecule has 9 heteroatoms. The molecule has 0 saturated carbocycles. The molecule has 0 N–H and O–H groups in total. The predicted molar refractivity (Wildman–Crippen MR) is 124 cm³/mol. The van der Waals surface area contributed by atoms with E-state index in [1.807, 2.05) is 16.4 Å². The maximum atomic E-state index is 13.6. The summed E-state index contributed by atoms with van der Waals surface area (Å²) in [5, 5.41) is 9.34. The highest BCUT2D eigenvalue weighted by atomic mass is 32.2. The minimum absolute atomic E-state index is 0.136. The number of carbonyl (C=O) groups excluding carboxylic acids is 1. The van der Waals surface area contributed by atoms with Gasteiger partial charge in [0.1, 0.15) is 5.82 Å². The van der Waals surface area contributed by atoms with Gasteiger partial charge in [-0.1, -0.05) is 25.1 Å². The SMILES string of the molecule is CCN1CCN(C(=O)C(C)Sc2nnc(CN3CCCCC3)n2-c2ccc(F)cc2)CC1. The van der Waals surface area contributed by atoms with Crippen LogP contribution in [-0.2, 0) is 11.3 Å². The molecule has 4 rings (SSSR count). The van der Waals surface area contributed by atoms with Crippen molar-refractivity contribution < 1.29 is 9.18 Å². The number of benzene rings is 1. The largest absolute Gasteiger partial charge is 0.339 e. The van der Waals surface area contributed by atoms with E-state index in [0.29, 0.717) is 11.7 Å². The first-order valence-corrected chi connectivity index (χ1v) is 12.5. The molecule has 1 unspecified atom stereocenters. The number of aromatic nitrogens is 3. The molecule has 2 aromatic rings. The van der Waals surface area contributed by atoms with Gasteiger partial charge in [-0.3, -0.25) is 14.3 Å². The molecule has 1 amide bonds. The van der Waals surface area contributed by atoms with E-state index in [-0.39, 0.29) is 17.0 Å². The number of hydrogen-bond acceptors (Lipinski definition) is 6. The van der Waals surface area contributed by atoms with Crippen LogP contribution in [-0.4, -0.2) is 86.4 Å². The highest BCUT2D eigenvalue weighted by molar-refractivity contribution is 8.00. The third-order valence-corrected chi connectivity index (χ3v) is 7.39. The molecule has 32 heavy (non-hydrogen) atoms. The van der Waals surface area contributed by atoms with Gasteiger partial charge in [-0.05, 0) is 63.7 Å². The number of likely N-dealkylation sites (N-methyl/N-ethyl adjacent to an activating group) is 1. The van der Waals surface area contributed by atoms with Gasteiger partial charge < -0.3 is 9.80 Å². The normalized spacial score (nSPS) is 19.3. The first-order chi connectivity index (χ1) is 15.5. The Kier molecular flexibility index (Phi) is 7.80. The van der Waals surface area contributed by atoms with Crippen LogP contribution in [0, 0.1) is 5.82 Å². The van der Waals surface area contributed by atoms with E-state index in [1.54, 1.807) is 12.1 Å². The number of nitrogens with zero attached hydrogens (tertiary/aromatic N) is 6. The van der Waals surface area contributed by atoms with Crippen LogP contribution < -0.4 is 0 Å². The van der Waals surface area contributed by atoms with Crippen molar-refractivity contribution >= 4 is 17.7 Å². The minimum Gasteiger partial charge on any atom is -0.339 e. The second-order valence-electron chi connectivity index (χ2n) is 8.57. The van der Waals surface area contributed by atoms with Crippen LogP contribution in [0.15, 0.2) is 29.4 Å². The zero-order valence-electron chi connectivity index (χ0n) is 19.0. The Morgan fingerprint density at radius 2 is 1.69 bits per heavy atom. The number of hydrogen-bond donors (Lipinski definition) is 0. The quantitative estimate of drug-likeness (QED) is 0.592. The lowest BCUT2D eigenvalue weighted by atomic mass is 10.1. The van der Waals surface area contributed by atoms with Crippen LogP contribution in [0.3, 0.4) is 0 Å². The molecule has 1 atom stereocenters. The highest BCUT2D eigenvalue weighted by Gasteiger charge is 2.27. The number of carbonyl (C=O) groups is 1. The molecule has 3 heterocycles. The predicted octanol–water partition coefficient (Wildman–Crippen LogP) is 3.04. The number of amides is 1. The number of piperidine rings is 1. The van der Waals surface area contributed by atoms with Crippen molar-refractivity contribution in [1.29, 1.82) is 0 Å².